The van der Waals surface area contributed by atoms with E-state index in [1.165, 1.54) is 18.4 Å². The second-order valence-corrected chi connectivity index (χ2v) is 7.21. The first kappa shape index (κ1) is 20.4. The summed E-state index contributed by atoms with van der Waals surface area (Å²) in [6.07, 6.45) is 3.61. The van der Waals surface area contributed by atoms with Crippen molar-refractivity contribution in [1.29, 1.82) is 0 Å². The number of allylic oxidation sites excluding steroid dienone is 1. The fraction of sp³-hybridized carbons (Fsp3) is 0.400. The van der Waals surface area contributed by atoms with Crippen molar-refractivity contribution in [3.63, 3.8) is 0 Å². The average Bonchev–Trinajstić information content (AvgIpc) is 3.08. The summed E-state index contributed by atoms with van der Waals surface area (Å²) in [5.41, 5.74) is -1.83. The number of carboxylic acid groups (broad SMARTS) is 1. The number of nitrogens with zero attached hydrogens (tertiary/aromatic N) is 1. The summed E-state index contributed by atoms with van der Waals surface area (Å²) in [6.45, 7) is 5.01. The van der Waals surface area contributed by atoms with Gasteiger partial charge in [0.15, 0.2) is 5.54 Å². The lowest BCUT2D eigenvalue weighted by molar-refractivity contribution is -0.169. The molecule has 0 aromatic heterocycles. The second kappa shape index (κ2) is 8.16. The Morgan fingerprint density at radius 2 is 1.85 bits per heavy atom. The van der Waals surface area contributed by atoms with Crippen LogP contribution >= 0.6 is 0 Å². The van der Waals surface area contributed by atoms with E-state index in [4.69, 9.17) is 9.47 Å². The van der Waals surface area contributed by atoms with Crippen molar-refractivity contribution >= 4 is 24.1 Å². The van der Waals surface area contributed by atoms with Crippen molar-refractivity contribution in [3.05, 3.63) is 48.0 Å². The number of aliphatic imine (C=N–C) groups is 1. The molecular formula is C20H23NO6. The minimum Gasteiger partial charge on any atom is -0.481 e. The minimum atomic E-state index is -1.75. The van der Waals surface area contributed by atoms with E-state index in [-0.39, 0.29) is 6.61 Å². The third kappa shape index (κ3) is 5.26. The highest BCUT2D eigenvalue weighted by Gasteiger charge is 2.52. The lowest BCUT2D eigenvalue weighted by Gasteiger charge is -2.32. The molecule has 0 bridgehead atoms. The molecule has 1 aliphatic heterocycles. The molecule has 1 N–H and O–H groups in total. The van der Waals surface area contributed by atoms with Crippen LogP contribution in [0.25, 0.3) is 0 Å². The second-order valence-electron chi connectivity index (χ2n) is 7.21. The zero-order chi connectivity index (χ0) is 20.1. The first-order valence-electron chi connectivity index (χ1n) is 8.53. The van der Waals surface area contributed by atoms with E-state index in [0.717, 1.165) is 5.56 Å². The number of rotatable bonds is 7. The van der Waals surface area contributed by atoms with Crippen LogP contribution in [-0.4, -0.2) is 40.4 Å². The smallest absolute Gasteiger partial charge is 0.339 e. The van der Waals surface area contributed by atoms with Gasteiger partial charge in [0.2, 0.25) is 0 Å². The lowest BCUT2D eigenvalue weighted by atomic mass is 9.82. The highest BCUT2D eigenvalue weighted by atomic mass is 16.6. The molecule has 2 unspecified atom stereocenters. The third-order valence-electron chi connectivity index (χ3n) is 3.87. The Kier molecular flexibility index (Phi) is 6.15. The summed E-state index contributed by atoms with van der Waals surface area (Å²) in [6, 6.07) is 8.97. The van der Waals surface area contributed by atoms with E-state index in [0.29, 0.717) is 0 Å². The van der Waals surface area contributed by atoms with Gasteiger partial charge in [-0.3, -0.25) is 14.6 Å². The van der Waals surface area contributed by atoms with Gasteiger partial charge in [-0.25, -0.2) is 4.79 Å². The molecule has 0 fully saturated rings. The fourth-order valence-electron chi connectivity index (χ4n) is 2.65. The van der Waals surface area contributed by atoms with Gasteiger partial charge in [-0.1, -0.05) is 30.3 Å². The molecule has 0 aliphatic carbocycles. The van der Waals surface area contributed by atoms with E-state index in [1.54, 1.807) is 45.0 Å². The Hall–Kier alpha value is -2.96. The molecule has 0 saturated heterocycles. The molecule has 0 radical (unpaired) electrons. The van der Waals surface area contributed by atoms with E-state index in [9.17, 15) is 19.5 Å². The van der Waals surface area contributed by atoms with Gasteiger partial charge >= 0.3 is 17.9 Å². The Morgan fingerprint density at radius 1 is 1.19 bits per heavy atom. The van der Waals surface area contributed by atoms with Gasteiger partial charge in [0.1, 0.15) is 18.1 Å². The van der Waals surface area contributed by atoms with Crippen molar-refractivity contribution in [3.8, 4) is 0 Å². The van der Waals surface area contributed by atoms with Gasteiger partial charge in [0.25, 0.3) is 0 Å². The van der Waals surface area contributed by atoms with Crippen LogP contribution in [0.5, 0.6) is 0 Å². The first-order chi connectivity index (χ1) is 12.6. The fourth-order valence-corrected chi connectivity index (χ4v) is 2.65. The predicted molar refractivity (Wildman–Crippen MR) is 98.2 cm³/mol. The van der Waals surface area contributed by atoms with E-state index < -0.39 is 41.4 Å². The molecule has 0 saturated carbocycles. The molecule has 144 valence electrons. The summed E-state index contributed by atoms with van der Waals surface area (Å²) < 4.78 is 10.7. The molecule has 1 aromatic carbocycles. The number of carboxylic acids is 1. The molecular weight excluding hydrogens is 350 g/mol. The van der Waals surface area contributed by atoms with Gasteiger partial charge in [0.05, 0.1) is 6.42 Å². The van der Waals surface area contributed by atoms with Gasteiger partial charge in [0, 0.05) is 6.21 Å². The number of carbonyl (C=O) groups is 3. The van der Waals surface area contributed by atoms with E-state index >= 15 is 0 Å². The molecule has 7 nitrogen and oxygen atoms in total. The summed E-state index contributed by atoms with van der Waals surface area (Å²) in [4.78, 5) is 41.0. The number of ether oxygens (including phenoxy) is 2. The van der Waals surface area contributed by atoms with Crippen LogP contribution in [-0.2, 0) is 30.5 Å². The summed E-state index contributed by atoms with van der Waals surface area (Å²) in [7, 11) is 0. The molecule has 2 rings (SSSR count). The number of aliphatic carboxylic acids is 1. The Bertz CT molecular complexity index is 748. The average molecular weight is 373 g/mol. The van der Waals surface area contributed by atoms with Crippen LogP contribution in [0.3, 0.4) is 0 Å². The quantitative estimate of drug-likeness (QED) is 0.737. The molecule has 27 heavy (non-hydrogen) atoms. The molecule has 1 heterocycles. The standard InChI is InChI=1S/C20H23NO6/c1-19(2,3)27-18(25)20(10-7-11-21-20)15(12-16(22)23)17(24)26-13-14-8-5-4-6-9-14/h4-11,15H,12-13H2,1-3H3,(H,22,23). The van der Waals surface area contributed by atoms with Crippen LogP contribution in [0.2, 0.25) is 0 Å². The number of carbonyl (C=O) groups excluding carboxylic acids is 2. The number of benzene rings is 1. The highest BCUT2D eigenvalue weighted by Crippen LogP contribution is 2.34. The SMILES string of the molecule is CC(C)(C)OC(=O)C1(C(CC(=O)O)C(=O)OCc2ccccc2)C=CC=N1. The number of hydrogen-bond donors (Lipinski definition) is 1. The van der Waals surface area contributed by atoms with Crippen LogP contribution in [0, 0.1) is 5.92 Å². The van der Waals surface area contributed by atoms with E-state index in [2.05, 4.69) is 4.99 Å². The van der Waals surface area contributed by atoms with Crippen molar-refractivity contribution in [2.45, 2.75) is 44.9 Å². The Morgan fingerprint density at radius 3 is 2.37 bits per heavy atom. The predicted octanol–water partition coefficient (Wildman–Crippen LogP) is 2.54. The number of hydrogen-bond acceptors (Lipinski definition) is 6. The molecule has 1 aromatic rings. The maximum absolute atomic E-state index is 12.8. The monoisotopic (exact) mass is 373 g/mol. The maximum Gasteiger partial charge on any atom is 0.339 e. The summed E-state index contributed by atoms with van der Waals surface area (Å²) in [5.74, 6) is -4.20. The molecule has 7 heteroatoms. The molecule has 2 atom stereocenters. The third-order valence-corrected chi connectivity index (χ3v) is 3.87. The zero-order valence-corrected chi connectivity index (χ0v) is 15.5. The van der Waals surface area contributed by atoms with Gasteiger partial charge in [-0.15, -0.1) is 0 Å². The maximum atomic E-state index is 12.8. The largest absolute Gasteiger partial charge is 0.481 e. The van der Waals surface area contributed by atoms with E-state index in [1.807, 2.05) is 6.07 Å². The molecule has 0 spiro atoms. The van der Waals surface area contributed by atoms with Crippen molar-refractivity contribution in [2.24, 2.45) is 10.9 Å². The molecule has 0 amide bonds. The van der Waals surface area contributed by atoms with Crippen LogP contribution in [0.15, 0.2) is 47.5 Å². The summed E-state index contributed by atoms with van der Waals surface area (Å²) >= 11 is 0. The van der Waals surface area contributed by atoms with Crippen LogP contribution in [0.1, 0.15) is 32.8 Å². The van der Waals surface area contributed by atoms with Gasteiger partial charge < -0.3 is 14.6 Å². The number of esters is 2. The Balaban J connectivity index is 2.27. The Labute approximate surface area is 157 Å². The lowest BCUT2D eigenvalue weighted by Crippen LogP contribution is -2.49. The van der Waals surface area contributed by atoms with Gasteiger partial charge in [-0.2, -0.15) is 0 Å². The summed E-state index contributed by atoms with van der Waals surface area (Å²) in [5, 5.41) is 9.27. The van der Waals surface area contributed by atoms with Crippen LogP contribution < -0.4 is 0 Å². The topological polar surface area (TPSA) is 102 Å². The zero-order valence-electron chi connectivity index (χ0n) is 15.5. The van der Waals surface area contributed by atoms with Crippen molar-refractivity contribution in [1.82, 2.24) is 0 Å². The minimum absolute atomic E-state index is 0.0341. The van der Waals surface area contributed by atoms with Crippen molar-refractivity contribution < 1.29 is 29.0 Å². The van der Waals surface area contributed by atoms with Crippen LogP contribution in [0.4, 0.5) is 0 Å². The van der Waals surface area contributed by atoms with Crippen molar-refractivity contribution in [2.75, 3.05) is 0 Å². The van der Waals surface area contributed by atoms with Gasteiger partial charge in [-0.05, 0) is 38.5 Å². The molecule has 1 aliphatic rings. The normalized spacial score (nSPS) is 19.5. The first-order valence-corrected chi connectivity index (χ1v) is 8.53. The highest BCUT2D eigenvalue weighted by molar-refractivity contribution is 5.97.